The summed E-state index contributed by atoms with van der Waals surface area (Å²) in [6.45, 7) is 0. The minimum Gasteiger partial charge on any atom is -0.310 e. The quantitative estimate of drug-likeness (QED) is 0.145. The van der Waals surface area contributed by atoms with Crippen molar-refractivity contribution in [3.63, 3.8) is 0 Å². The molecule has 9 aromatic carbocycles. The third-order valence-corrected chi connectivity index (χ3v) is 14.8. The molecule has 12 rings (SSSR count). The predicted molar refractivity (Wildman–Crippen MR) is 259 cm³/mol. The molecule has 59 heavy (non-hydrogen) atoms. The molecule has 0 N–H and O–H groups in total. The summed E-state index contributed by atoms with van der Waals surface area (Å²) < 4.78 is 5.33. The summed E-state index contributed by atoms with van der Waals surface area (Å²) in [7, 11) is 0. The van der Waals surface area contributed by atoms with Crippen LogP contribution >= 0.6 is 22.7 Å². The number of thiophene rings is 2. The van der Waals surface area contributed by atoms with Gasteiger partial charge in [0.1, 0.15) is 0 Å². The number of nitrogens with zero attached hydrogens (tertiary/aromatic N) is 1. The van der Waals surface area contributed by atoms with E-state index in [-0.39, 0.29) is 5.92 Å². The third kappa shape index (κ3) is 5.79. The van der Waals surface area contributed by atoms with Crippen LogP contribution in [-0.2, 0) is 0 Å². The molecule has 0 saturated heterocycles. The van der Waals surface area contributed by atoms with Crippen LogP contribution in [0.25, 0.3) is 72.7 Å². The Labute approximate surface area is 351 Å². The highest BCUT2D eigenvalue weighted by atomic mass is 32.1. The van der Waals surface area contributed by atoms with Crippen LogP contribution in [0.1, 0.15) is 36.3 Å². The molecule has 2 heterocycles. The molecule has 0 saturated carbocycles. The van der Waals surface area contributed by atoms with E-state index in [1.165, 1.54) is 95.0 Å². The molecular weight excluding hydrogens is 751 g/mol. The van der Waals surface area contributed by atoms with Gasteiger partial charge >= 0.3 is 0 Å². The van der Waals surface area contributed by atoms with Gasteiger partial charge in [-0.2, -0.15) is 0 Å². The van der Waals surface area contributed by atoms with Crippen LogP contribution in [0.4, 0.5) is 17.1 Å². The average molecular weight is 790 g/mol. The Morgan fingerprint density at radius 1 is 0.441 bits per heavy atom. The van der Waals surface area contributed by atoms with E-state index in [1.54, 1.807) is 0 Å². The second-order valence-electron chi connectivity index (χ2n) is 15.9. The number of hydrogen-bond acceptors (Lipinski definition) is 3. The molecule has 3 heteroatoms. The highest BCUT2D eigenvalue weighted by Crippen LogP contribution is 2.48. The maximum atomic E-state index is 2.56. The first-order chi connectivity index (χ1) is 29.2. The van der Waals surface area contributed by atoms with E-state index < -0.39 is 0 Å². The molecule has 1 aliphatic carbocycles. The van der Waals surface area contributed by atoms with Crippen LogP contribution in [0.3, 0.4) is 0 Å². The molecule has 0 radical (unpaired) electrons. The zero-order valence-electron chi connectivity index (χ0n) is 32.4. The fourth-order valence-electron chi connectivity index (χ4n) is 9.74. The van der Waals surface area contributed by atoms with Crippen molar-refractivity contribution in [2.45, 2.75) is 25.2 Å². The Hall–Kier alpha value is -6.52. The molecule has 0 bridgehead atoms. The first kappa shape index (κ1) is 34.5. The van der Waals surface area contributed by atoms with Gasteiger partial charge in [-0.25, -0.2) is 0 Å². The van der Waals surface area contributed by atoms with Crippen molar-refractivity contribution >= 4 is 112 Å². The van der Waals surface area contributed by atoms with Gasteiger partial charge in [-0.05, 0) is 124 Å². The van der Waals surface area contributed by atoms with E-state index in [0.29, 0.717) is 0 Å². The summed E-state index contributed by atoms with van der Waals surface area (Å²) in [6, 6.07) is 66.1. The number of anilines is 3. The summed E-state index contributed by atoms with van der Waals surface area (Å²) >= 11 is 3.77. The van der Waals surface area contributed by atoms with Crippen LogP contribution in [0.15, 0.2) is 200 Å². The molecule has 0 amide bonds. The average Bonchev–Trinajstić information content (AvgIpc) is 3.87. The maximum Gasteiger partial charge on any atom is 0.0546 e. The fourth-order valence-corrected chi connectivity index (χ4v) is 11.9. The molecule has 0 unspecified atom stereocenters. The topological polar surface area (TPSA) is 3.24 Å². The van der Waals surface area contributed by atoms with Gasteiger partial charge in [0, 0.05) is 63.0 Å². The lowest BCUT2D eigenvalue weighted by Crippen LogP contribution is -2.11. The number of rotatable bonds is 7. The van der Waals surface area contributed by atoms with Crippen molar-refractivity contribution in [2.24, 2.45) is 0 Å². The second-order valence-corrected chi connectivity index (χ2v) is 18.1. The monoisotopic (exact) mass is 789 g/mol. The number of hydrogen-bond donors (Lipinski definition) is 0. The van der Waals surface area contributed by atoms with Gasteiger partial charge in [0.2, 0.25) is 0 Å². The van der Waals surface area contributed by atoms with Crippen molar-refractivity contribution < 1.29 is 0 Å². The Morgan fingerprint density at radius 2 is 1.02 bits per heavy atom. The lowest BCUT2D eigenvalue weighted by Gasteiger charge is -2.28. The summed E-state index contributed by atoms with van der Waals surface area (Å²) in [6.07, 6.45) is 10.1. The summed E-state index contributed by atoms with van der Waals surface area (Å²) in [5.74, 6) is 0.191. The van der Waals surface area contributed by atoms with Crippen molar-refractivity contribution in [3.8, 4) is 0 Å². The van der Waals surface area contributed by atoms with Crippen molar-refractivity contribution in [3.05, 3.63) is 211 Å². The molecule has 2 aromatic heterocycles. The van der Waals surface area contributed by atoms with Gasteiger partial charge in [0.25, 0.3) is 0 Å². The minimum atomic E-state index is 0.191. The lowest BCUT2D eigenvalue weighted by atomic mass is 9.80. The van der Waals surface area contributed by atoms with E-state index in [9.17, 15) is 0 Å². The Kier molecular flexibility index (Phi) is 8.24. The van der Waals surface area contributed by atoms with E-state index in [1.807, 2.05) is 22.7 Å². The van der Waals surface area contributed by atoms with E-state index in [2.05, 4.69) is 199 Å². The molecule has 0 fully saturated rings. The Bertz CT molecular complexity index is 3490. The Balaban J connectivity index is 1.12. The van der Waals surface area contributed by atoms with Crippen molar-refractivity contribution in [1.82, 2.24) is 0 Å². The summed E-state index contributed by atoms with van der Waals surface area (Å²) in [4.78, 5) is 2.47. The van der Waals surface area contributed by atoms with Crippen LogP contribution in [0.2, 0.25) is 0 Å². The first-order valence-corrected chi connectivity index (χ1v) is 22.3. The van der Waals surface area contributed by atoms with Gasteiger partial charge in [0.15, 0.2) is 0 Å². The lowest BCUT2D eigenvalue weighted by molar-refractivity contribution is 0.758. The number of allylic oxidation sites excluding steroid dienone is 4. The first-order valence-electron chi connectivity index (χ1n) is 20.6. The standard InChI is InChI=1S/C56H39NS2/c1-3-15-36(16-4-1)31-46(37-27-29-55-50(32-37)44-23-11-13-25-53(44)58-55)47-34-48-42-21-9-10-22-43(42)52(35-49(48)41-20-8-7-19-40(41)47)57(38-17-5-2-6-18-38)39-28-30-56-51(33-39)45-24-12-14-26-54(45)59-56/h1-3,5-15,17-30,32-35,46H,4,16,31H2/t46-/m0/s1. The van der Waals surface area contributed by atoms with Crippen molar-refractivity contribution in [1.29, 1.82) is 0 Å². The predicted octanol–water partition coefficient (Wildman–Crippen LogP) is 17.2. The van der Waals surface area contributed by atoms with Crippen LogP contribution in [0, 0.1) is 0 Å². The molecule has 0 aliphatic heterocycles. The molecule has 1 atom stereocenters. The molecule has 280 valence electrons. The van der Waals surface area contributed by atoms with Gasteiger partial charge in [-0.1, -0.05) is 133 Å². The van der Waals surface area contributed by atoms with Gasteiger partial charge in [-0.15, -0.1) is 22.7 Å². The SMILES string of the molecule is C1=CCCC(C[C@@H](c2ccc3sc4ccccc4c3c2)c2cc3c4ccccc4c(N(c4ccccc4)c4ccc5sc6ccccc6c5c4)cc3c3ccccc23)=C1. The van der Waals surface area contributed by atoms with Gasteiger partial charge < -0.3 is 4.90 Å². The van der Waals surface area contributed by atoms with E-state index in [4.69, 9.17) is 0 Å². The highest BCUT2D eigenvalue weighted by molar-refractivity contribution is 7.26. The third-order valence-electron chi connectivity index (χ3n) is 12.5. The highest BCUT2D eigenvalue weighted by Gasteiger charge is 2.24. The molecule has 11 aromatic rings. The second kappa shape index (κ2) is 14.1. The molecule has 1 nitrogen and oxygen atoms in total. The summed E-state index contributed by atoms with van der Waals surface area (Å²) in [5.41, 5.74) is 7.78. The van der Waals surface area contributed by atoms with Crippen LogP contribution < -0.4 is 4.90 Å². The normalized spacial score (nSPS) is 13.7. The minimum absolute atomic E-state index is 0.191. The van der Waals surface area contributed by atoms with Crippen LogP contribution in [-0.4, -0.2) is 0 Å². The van der Waals surface area contributed by atoms with Gasteiger partial charge in [-0.3, -0.25) is 0 Å². The van der Waals surface area contributed by atoms with Gasteiger partial charge in [0.05, 0.1) is 5.69 Å². The Morgan fingerprint density at radius 3 is 1.73 bits per heavy atom. The zero-order chi connectivity index (χ0) is 38.9. The zero-order valence-corrected chi connectivity index (χ0v) is 34.1. The largest absolute Gasteiger partial charge is 0.310 e. The maximum absolute atomic E-state index is 2.56. The number of para-hydroxylation sites is 1. The van der Waals surface area contributed by atoms with Crippen LogP contribution in [0.5, 0.6) is 0 Å². The fraction of sp³-hybridized carbons (Fsp3) is 0.0714. The van der Waals surface area contributed by atoms with Crippen molar-refractivity contribution in [2.75, 3.05) is 4.90 Å². The number of fused-ring (bicyclic) bond motifs is 11. The molecule has 1 aliphatic rings. The summed E-state index contributed by atoms with van der Waals surface area (Å²) in [5, 5.41) is 13.0. The molecular formula is C56H39NS2. The van der Waals surface area contributed by atoms with E-state index in [0.717, 1.165) is 30.6 Å². The smallest absolute Gasteiger partial charge is 0.0546 e. The number of benzene rings is 9. The van der Waals surface area contributed by atoms with E-state index >= 15 is 0 Å². The molecule has 0 spiro atoms.